The number of carboxylic acid groups (broad SMARTS) is 1. The summed E-state index contributed by atoms with van der Waals surface area (Å²) in [6.07, 6.45) is 0.387. The standard InChI is InChI=1S/C28H36N2O5/c1-5-18(25(31)29-16-19(26(32)33)14-28(2,3)4)15-30-27(34)35-17-24-22-12-8-6-10-20(22)21-11-7-9-13-23(21)24/h6-13,18-19,24H,5,14-17H2,1-4H3,(H,29,31)(H,30,34)(H,32,33). The third kappa shape index (κ3) is 6.84. The molecule has 7 heteroatoms. The molecular weight excluding hydrogens is 444 g/mol. The molecule has 2 amide bonds. The number of rotatable bonds is 10. The van der Waals surface area contributed by atoms with Gasteiger partial charge in [0.15, 0.2) is 0 Å². The molecule has 0 heterocycles. The van der Waals surface area contributed by atoms with Gasteiger partial charge in [-0.05, 0) is 40.5 Å². The van der Waals surface area contributed by atoms with Crippen molar-refractivity contribution < 1.29 is 24.2 Å². The van der Waals surface area contributed by atoms with Gasteiger partial charge >= 0.3 is 12.1 Å². The summed E-state index contributed by atoms with van der Waals surface area (Å²) in [6.45, 7) is 8.15. The van der Waals surface area contributed by atoms with E-state index in [0.29, 0.717) is 12.8 Å². The maximum absolute atomic E-state index is 12.6. The van der Waals surface area contributed by atoms with Crippen LogP contribution in [0.15, 0.2) is 48.5 Å². The Bertz CT molecular complexity index is 1010. The molecule has 0 radical (unpaired) electrons. The van der Waals surface area contributed by atoms with Crippen molar-refractivity contribution >= 4 is 18.0 Å². The molecule has 2 atom stereocenters. The first kappa shape index (κ1) is 26.3. The lowest BCUT2D eigenvalue weighted by Crippen LogP contribution is -2.42. The van der Waals surface area contributed by atoms with E-state index in [1.165, 1.54) is 0 Å². The minimum Gasteiger partial charge on any atom is -0.481 e. The monoisotopic (exact) mass is 480 g/mol. The van der Waals surface area contributed by atoms with E-state index in [9.17, 15) is 19.5 Å². The summed E-state index contributed by atoms with van der Waals surface area (Å²) in [6, 6.07) is 16.2. The van der Waals surface area contributed by atoms with Gasteiger partial charge in [-0.3, -0.25) is 9.59 Å². The molecule has 188 valence electrons. The second-order valence-corrected chi connectivity index (χ2v) is 10.4. The Morgan fingerprint density at radius 1 is 0.914 bits per heavy atom. The van der Waals surface area contributed by atoms with Crippen LogP contribution in [0.4, 0.5) is 4.79 Å². The highest BCUT2D eigenvalue weighted by atomic mass is 16.5. The van der Waals surface area contributed by atoms with Gasteiger partial charge in [-0.25, -0.2) is 4.79 Å². The number of benzene rings is 2. The Morgan fingerprint density at radius 3 is 1.97 bits per heavy atom. The van der Waals surface area contributed by atoms with E-state index in [-0.39, 0.29) is 36.9 Å². The minimum atomic E-state index is -0.926. The number of carboxylic acids is 1. The number of aliphatic carboxylic acids is 1. The van der Waals surface area contributed by atoms with Crippen LogP contribution in [-0.4, -0.2) is 42.8 Å². The second kappa shape index (κ2) is 11.4. The molecule has 0 saturated carbocycles. The zero-order valence-corrected chi connectivity index (χ0v) is 21.0. The van der Waals surface area contributed by atoms with Crippen LogP contribution in [-0.2, 0) is 14.3 Å². The Morgan fingerprint density at radius 2 is 1.46 bits per heavy atom. The highest BCUT2D eigenvalue weighted by Crippen LogP contribution is 2.44. The molecule has 35 heavy (non-hydrogen) atoms. The van der Waals surface area contributed by atoms with Crippen LogP contribution in [0.25, 0.3) is 11.1 Å². The summed E-state index contributed by atoms with van der Waals surface area (Å²) < 4.78 is 5.54. The molecule has 0 bridgehead atoms. The topological polar surface area (TPSA) is 105 Å². The normalized spacial score (nSPS) is 14.4. The zero-order valence-electron chi connectivity index (χ0n) is 21.0. The fraction of sp³-hybridized carbons (Fsp3) is 0.464. The third-order valence-electron chi connectivity index (χ3n) is 6.43. The Kier molecular flexibility index (Phi) is 8.54. The van der Waals surface area contributed by atoms with Gasteiger partial charge in [0, 0.05) is 19.0 Å². The van der Waals surface area contributed by atoms with E-state index in [0.717, 1.165) is 22.3 Å². The molecule has 2 unspecified atom stereocenters. The lowest BCUT2D eigenvalue weighted by atomic mass is 9.84. The van der Waals surface area contributed by atoms with E-state index in [4.69, 9.17) is 4.74 Å². The predicted octanol–water partition coefficient (Wildman–Crippen LogP) is 4.80. The summed E-state index contributed by atoms with van der Waals surface area (Å²) in [5, 5.41) is 14.9. The van der Waals surface area contributed by atoms with Gasteiger partial charge < -0.3 is 20.5 Å². The highest BCUT2D eigenvalue weighted by molar-refractivity contribution is 5.81. The van der Waals surface area contributed by atoms with Crippen LogP contribution < -0.4 is 10.6 Å². The first-order valence-electron chi connectivity index (χ1n) is 12.2. The van der Waals surface area contributed by atoms with Gasteiger partial charge in [0.05, 0.1) is 11.8 Å². The molecule has 3 rings (SSSR count). The van der Waals surface area contributed by atoms with Gasteiger partial charge in [0.2, 0.25) is 5.91 Å². The maximum Gasteiger partial charge on any atom is 0.407 e. The van der Waals surface area contributed by atoms with Crippen LogP contribution >= 0.6 is 0 Å². The minimum absolute atomic E-state index is 0.0332. The van der Waals surface area contributed by atoms with Crippen LogP contribution in [0.5, 0.6) is 0 Å². The molecule has 0 saturated heterocycles. The quantitative estimate of drug-likeness (QED) is 0.453. The predicted molar refractivity (Wildman–Crippen MR) is 135 cm³/mol. The smallest absolute Gasteiger partial charge is 0.407 e. The van der Waals surface area contributed by atoms with Crippen molar-refractivity contribution in [2.45, 2.75) is 46.5 Å². The number of carbonyl (C=O) groups is 3. The van der Waals surface area contributed by atoms with Gasteiger partial charge in [-0.1, -0.05) is 76.2 Å². The van der Waals surface area contributed by atoms with E-state index in [1.54, 1.807) is 0 Å². The number of alkyl carbamates (subject to hydrolysis) is 1. The Balaban J connectivity index is 1.50. The summed E-state index contributed by atoms with van der Waals surface area (Å²) in [5.41, 5.74) is 4.42. The van der Waals surface area contributed by atoms with E-state index >= 15 is 0 Å². The first-order chi connectivity index (χ1) is 16.6. The number of ether oxygens (including phenoxy) is 1. The van der Waals surface area contributed by atoms with Crippen molar-refractivity contribution in [3.8, 4) is 11.1 Å². The van der Waals surface area contributed by atoms with E-state index < -0.39 is 23.9 Å². The van der Waals surface area contributed by atoms with E-state index in [1.807, 2.05) is 52.0 Å². The lowest BCUT2D eigenvalue weighted by molar-refractivity contribution is -0.142. The fourth-order valence-electron chi connectivity index (χ4n) is 4.63. The number of hydrogen-bond acceptors (Lipinski definition) is 4. The summed E-state index contributed by atoms with van der Waals surface area (Å²) >= 11 is 0. The molecule has 3 N–H and O–H groups in total. The lowest BCUT2D eigenvalue weighted by Gasteiger charge is -2.24. The number of carbonyl (C=O) groups excluding carboxylic acids is 2. The fourth-order valence-corrected chi connectivity index (χ4v) is 4.63. The van der Waals surface area contributed by atoms with E-state index in [2.05, 4.69) is 34.9 Å². The molecule has 1 aliphatic rings. The Labute approximate surface area is 207 Å². The average molecular weight is 481 g/mol. The maximum atomic E-state index is 12.6. The Hall–Kier alpha value is -3.35. The number of nitrogens with one attached hydrogen (secondary N) is 2. The molecule has 0 aromatic heterocycles. The number of hydrogen-bond donors (Lipinski definition) is 3. The summed E-state index contributed by atoms with van der Waals surface area (Å²) in [7, 11) is 0. The van der Waals surface area contributed by atoms with Crippen molar-refractivity contribution in [3.05, 3.63) is 59.7 Å². The van der Waals surface area contributed by atoms with Gasteiger partial charge in [0.25, 0.3) is 0 Å². The van der Waals surface area contributed by atoms with Crippen molar-refractivity contribution in [1.29, 1.82) is 0 Å². The van der Waals surface area contributed by atoms with Gasteiger partial charge in [-0.2, -0.15) is 0 Å². The summed E-state index contributed by atoms with van der Waals surface area (Å²) in [4.78, 5) is 36.6. The van der Waals surface area contributed by atoms with Crippen LogP contribution in [0.2, 0.25) is 0 Å². The zero-order chi connectivity index (χ0) is 25.6. The molecule has 0 aliphatic heterocycles. The van der Waals surface area contributed by atoms with Crippen molar-refractivity contribution in [1.82, 2.24) is 10.6 Å². The molecule has 2 aromatic rings. The molecule has 2 aromatic carbocycles. The molecule has 0 spiro atoms. The largest absolute Gasteiger partial charge is 0.481 e. The first-order valence-corrected chi connectivity index (χ1v) is 12.2. The van der Waals surface area contributed by atoms with Crippen LogP contribution in [0.3, 0.4) is 0 Å². The van der Waals surface area contributed by atoms with Crippen LogP contribution in [0.1, 0.15) is 57.6 Å². The molecule has 7 nitrogen and oxygen atoms in total. The molecule has 1 aliphatic carbocycles. The third-order valence-corrected chi connectivity index (χ3v) is 6.43. The average Bonchev–Trinajstić information content (AvgIpc) is 3.13. The second-order valence-electron chi connectivity index (χ2n) is 10.4. The van der Waals surface area contributed by atoms with Crippen LogP contribution in [0, 0.1) is 17.3 Å². The molecular formula is C28H36N2O5. The van der Waals surface area contributed by atoms with Crippen molar-refractivity contribution in [3.63, 3.8) is 0 Å². The van der Waals surface area contributed by atoms with Gasteiger partial charge in [0.1, 0.15) is 6.61 Å². The SMILES string of the molecule is CCC(CNC(=O)OCC1c2ccccc2-c2ccccc21)C(=O)NCC(CC(C)(C)C)C(=O)O. The summed E-state index contributed by atoms with van der Waals surface area (Å²) in [5.74, 6) is -2.36. The molecule has 0 fully saturated rings. The number of amides is 2. The number of fused-ring (bicyclic) bond motifs is 3. The van der Waals surface area contributed by atoms with Crippen molar-refractivity contribution in [2.24, 2.45) is 17.3 Å². The van der Waals surface area contributed by atoms with Gasteiger partial charge in [-0.15, -0.1) is 0 Å². The van der Waals surface area contributed by atoms with Crippen molar-refractivity contribution in [2.75, 3.05) is 19.7 Å². The highest BCUT2D eigenvalue weighted by Gasteiger charge is 2.29.